The van der Waals surface area contributed by atoms with Crippen molar-refractivity contribution in [2.45, 2.75) is 63.0 Å². The van der Waals surface area contributed by atoms with Crippen molar-refractivity contribution < 1.29 is 23.1 Å². The smallest absolute Gasteiger partial charge is 0.393 e. The van der Waals surface area contributed by atoms with Crippen LogP contribution in [0, 0.1) is 0 Å². The van der Waals surface area contributed by atoms with Gasteiger partial charge in [-0.3, -0.25) is 14.5 Å². The quantitative estimate of drug-likeness (QED) is 0.628. The molecule has 0 spiro atoms. The number of piperidine rings is 1. The monoisotopic (exact) mass is 468 g/mol. The molecule has 9 heteroatoms. The number of hydrogen-bond donors (Lipinski definition) is 1. The molecule has 2 aromatic heterocycles. The van der Waals surface area contributed by atoms with Crippen molar-refractivity contribution in [3.8, 4) is 0 Å². The molecular weight excluding hydrogens is 445 g/mol. The number of alkyl halides is 3. The molecule has 3 aliphatic rings. The van der Waals surface area contributed by atoms with Crippen LogP contribution in [0.4, 0.5) is 13.2 Å². The third kappa shape index (κ3) is 3.50. The lowest BCUT2D eigenvalue weighted by Gasteiger charge is -2.37. The van der Waals surface area contributed by atoms with E-state index in [2.05, 4.69) is 10.1 Å². The first-order valence-electron chi connectivity index (χ1n) is 11.5. The standard InChI is InChI=1S/C25H23F3N4O2/c26-25(27,28)13-31-22-11-21(24(34)32-15-6-7-16(32)10-17(33)9-15)29-12-20(22)23(30-31)19-8-5-14-3-1-2-4-18(14)19/h1-4,8,11-12,15-17,33H,5-7,9-10,13H2. The molecular formula is C25H23F3N4O2. The Labute approximate surface area is 193 Å². The third-order valence-corrected chi connectivity index (χ3v) is 7.22. The molecule has 2 bridgehead atoms. The number of hydrogen-bond acceptors (Lipinski definition) is 4. The summed E-state index contributed by atoms with van der Waals surface area (Å²) in [6, 6.07) is 9.07. The van der Waals surface area contributed by atoms with Crippen LogP contribution in [-0.4, -0.2) is 55.0 Å². The molecule has 6 nitrogen and oxygen atoms in total. The van der Waals surface area contributed by atoms with Crippen LogP contribution in [0.2, 0.25) is 0 Å². The second-order valence-electron chi connectivity index (χ2n) is 9.41. The number of amides is 1. The first kappa shape index (κ1) is 21.3. The molecule has 4 heterocycles. The Bertz CT molecular complexity index is 1320. The lowest BCUT2D eigenvalue weighted by Crippen LogP contribution is -2.48. The van der Waals surface area contributed by atoms with Crippen LogP contribution in [0.3, 0.4) is 0 Å². The summed E-state index contributed by atoms with van der Waals surface area (Å²) in [6.07, 6.45) is 1.93. The molecule has 2 saturated heterocycles. The van der Waals surface area contributed by atoms with Crippen LogP contribution < -0.4 is 0 Å². The molecule has 0 saturated carbocycles. The average molecular weight is 468 g/mol. The van der Waals surface area contributed by atoms with Crippen molar-refractivity contribution in [1.29, 1.82) is 0 Å². The summed E-state index contributed by atoms with van der Waals surface area (Å²) in [6.45, 7) is -1.25. The first-order chi connectivity index (χ1) is 16.3. The van der Waals surface area contributed by atoms with E-state index in [1.807, 2.05) is 30.3 Å². The number of halogens is 3. The summed E-state index contributed by atoms with van der Waals surface area (Å²) in [5, 5.41) is 14.9. The predicted molar refractivity (Wildman–Crippen MR) is 119 cm³/mol. The van der Waals surface area contributed by atoms with Gasteiger partial charge in [-0.05, 0) is 49.3 Å². The Morgan fingerprint density at radius 3 is 2.62 bits per heavy atom. The number of aliphatic hydroxyl groups is 1. The molecule has 34 heavy (non-hydrogen) atoms. The molecule has 2 aliphatic heterocycles. The lowest BCUT2D eigenvalue weighted by molar-refractivity contribution is -0.141. The number of allylic oxidation sites excluding steroid dienone is 1. The van der Waals surface area contributed by atoms with Crippen molar-refractivity contribution in [2.24, 2.45) is 0 Å². The van der Waals surface area contributed by atoms with Crippen LogP contribution >= 0.6 is 0 Å². The minimum Gasteiger partial charge on any atom is -0.393 e. The van der Waals surface area contributed by atoms with Gasteiger partial charge in [0.05, 0.1) is 11.6 Å². The van der Waals surface area contributed by atoms with Gasteiger partial charge in [-0.2, -0.15) is 18.3 Å². The summed E-state index contributed by atoms with van der Waals surface area (Å²) >= 11 is 0. The SMILES string of the molecule is O=C(c1cc2c(cn1)c(C1=CCc3ccccc31)nn2CC(F)(F)F)N1C2CCC1CC(O)C2. The summed E-state index contributed by atoms with van der Waals surface area (Å²) < 4.78 is 41.1. The Kier molecular flexibility index (Phi) is 4.81. The fourth-order valence-corrected chi connectivity index (χ4v) is 5.79. The van der Waals surface area contributed by atoms with Crippen LogP contribution in [0.5, 0.6) is 0 Å². The summed E-state index contributed by atoms with van der Waals surface area (Å²) in [7, 11) is 0. The zero-order valence-corrected chi connectivity index (χ0v) is 18.3. The molecule has 6 rings (SSSR count). The Hall–Kier alpha value is -3.20. The number of carbonyl (C=O) groups is 1. The van der Waals surface area contributed by atoms with E-state index < -0.39 is 18.8 Å². The van der Waals surface area contributed by atoms with Gasteiger partial charge in [0, 0.05) is 29.2 Å². The second-order valence-corrected chi connectivity index (χ2v) is 9.41. The number of nitrogens with zero attached hydrogens (tertiary/aromatic N) is 4. The molecule has 1 amide bonds. The minimum absolute atomic E-state index is 0.0606. The first-order valence-corrected chi connectivity index (χ1v) is 11.5. The molecule has 2 atom stereocenters. The van der Waals surface area contributed by atoms with Gasteiger partial charge < -0.3 is 10.0 Å². The number of pyridine rings is 1. The van der Waals surface area contributed by atoms with Gasteiger partial charge in [0.1, 0.15) is 17.9 Å². The molecule has 0 radical (unpaired) electrons. The summed E-state index contributed by atoms with van der Waals surface area (Å²) in [4.78, 5) is 19.5. The minimum atomic E-state index is -4.46. The van der Waals surface area contributed by atoms with Gasteiger partial charge in [-0.1, -0.05) is 30.3 Å². The summed E-state index contributed by atoms with van der Waals surface area (Å²) in [5.41, 5.74) is 3.61. The fourth-order valence-electron chi connectivity index (χ4n) is 5.79. The second kappa shape index (κ2) is 7.66. The zero-order chi connectivity index (χ0) is 23.6. The van der Waals surface area contributed by atoms with E-state index in [-0.39, 0.29) is 29.2 Å². The molecule has 1 aliphatic carbocycles. The normalized spacial score (nSPS) is 23.9. The van der Waals surface area contributed by atoms with E-state index in [1.165, 1.54) is 12.3 Å². The van der Waals surface area contributed by atoms with Crippen LogP contribution in [0.1, 0.15) is 53.0 Å². The van der Waals surface area contributed by atoms with Gasteiger partial charge >= 0.3 is 6.18 Å². The molecule has 176 valence electrons. The van der Waals surface area contributed by atoms with Gasteiger partial charge in [0.2, 0.25) is 0 Å². The fraction of sp³-hybridized carbons (Fsp3) is 0.400. The van der Waals surface area contributed by atoms with Crippen molar-refractivity contribution in [2.75, 3.05) is 0 Å². The lowest BCUT2D eigenvalue weighted by atomic mass is 9.99. The van der Waals surface area contributed by atoms with Crippen molar-refractivity contribution in [1.82, 2.24) is 19.7 Å². The zero-order valence-electron chi connectivity index (χ0n) is 18.3. The van der Waals surface area contributed by atoms with Crippen molar-refractivity contribution in [3.05, 3.63) is 65.1 Å². The maximum atomic E-state index is 13.4. The van der Waals surface area contributed by atoms with E-state index in [4.69, 9.17) is 0 Å². The third-order valence-electron chi connectivity index (χ3n) is 7.22. The van der Waals surface area contributed by atoms with Gasteiger partial charge in [0.25, 0.3) is 5.91 Å². The average Bonchev–Trinajstić information content (AvgIpc) is 3.44. The number of rotatable bonds is 3. The highest BCUT2D eigenvalue weighted by Gasteiger charge is 2.43. The van der Waals surface area contributed by atoms with Gasteiger partial charge in [-0.15, -0.1) is 0 Å². The molecule has 1 aromatic carbocycles. The maximum Gasteiger partial charge on any atom is 0.408 e. The summed E-state index contributed by atoms with van der Waals surface area (Å²) in [5.74, 6) is -0.298. The van der Waals surface area contributed by atoms with Crippen LogP contribution in [-0.2, 0) is 13.0 Å². The molecule has 2 fully saturated rings. The highest BCUT2D eigenvalue weighted by molar-refractivity contribution is 6.00. The number of carbonyl (C=O) groups excluding carboxylic acids is 1. The number of fused-ring (bicyclic) bond motifs is 4. The van der Waals surface area contributed by atoms with E-state index in [0.717, 1.165) is 34.2 Å². The number of aromatic nitrogens is 3. The van der Waals surface area contributed by atoms with Crippen LogP contribution in [0.15, 0.2) is 42.6 Å². The Morgan fingerprint density at radius 1 is 1.15 bits per heavy atom. The maximum absolute atomic E-state index is 13.4. The molecule has 3 aromatic rings. The molecule has 1 N–H and O–H groups in total. The van der Waals surface area contributed by atoms with Crippen molar-refractivity contribution >= 4 is 22.4 Å². The van der Waals surface area contributed by atoms with E-state index in [9.17, 15) is 23.1 Å². The van der Waals surface area contributed by atoms with Gasteiger partial charge in [0.15, 0.2) is 0 Å². The highest BCUT2D eigenvalue weighted by Crippen LogP contribution is 2.38. The Balaban J connectivity index is 1.43. The van der Waals surface area contributed by atoms with E-state index in [0.29, 0.717) is 30.3 Å². The topological polar surface area (TPSA) is 71.2 Å². The molecule has 2 unspecified atom stereocenters. The largest absolute Gasteiger partial charge is 0.408 e. The van der Waals surface area contributed by atoms with Crippen molar-refractivity contribution in [3.63, 3.8) is 0 Å². The number of aliphatic hydroxyl groups excluding tert-OH is 1. The number of benzene rings is 1. The van der Waals surface area contributed by atoms with E-state index in [1.54, 1.807) is 4.90 Å². The van der Waals surface area contributed by atoms with E-state index >= 15 is 0 Å². The predicted octanol–water partition coefficient (Wildman–Crippen LogP) is 4.11. The van der Waals surface area contributed by atoms with Crippen LogP contribution in [0.25, 0.3) is 16.5 Å². The Morgan fingerprint density at radius 2 is 1.88 bits per heavy atom. The highest BCUT2D eigenvalue weighted by atomic mass is 19.4. The van der Waals surface area contributed by atoms with Gasteiger partial charge in [-0.25, -0.2) is 0 Å².